The zero-order chi connectivity index (χ0) is 11.2. The largest absolute Gasteiger partial charge is 0.312 e. The predicted molar refractivity (Wildman–Crippen MR) is 65.6 cm³/mol. The summed E-state index contributed by atoms with van der Waals surface area (Å²) in [5.74, 6) is 3.69. The van der Waals surface area contributed by atoms with Crippen molar-refractivity contribution in [1.82, 2.24) is 15.3 Å². The quantitative estimate of drug-likeness (QED) is 0.800. The molecule has 2 heterocycles. The van der Waals surface area contributed by atoms with Gasteiger partial charge in [0.2, 0.25) is 0 Å². The van der Waals surface area contributed by atoms with Gasteiger partial charge in [-0.15, -0.1) is 0 Å². The van der Waals surface area contributed by atoms with Gasteiger partial charge in [-0.25, -0.2) is 9.97 Å². The summed E-state index contributed by atoms with van der Waals surface area (Å²) in [5, 5.41) is 3.38. The van der Waals surface area contributed by atoms with Crippen LogP contribution in [0.5, 0.6) is 0 Å². The fourth-order valence-corrected chi connectivity index (χ4v) is 3.99. The number of hydrogen-bond acceptors (Lipinski definition) is 3. The van der Waals surface area contributed by atoms with Gasteiger partial charge in [0.05, 0.1) is 0 Å². The van der Waals surface area contributed by atoms with E-state index in [0.29, 0.717) is 5.92 Å². The smallest absolute Gasteiger partial charge is 0.131 e. The van der Waals surface area contributed by atoms with Crippen molar-refractivity contribution in [1.29, 1.82) is 0 Å². The zero-order valence-corrected chi connectivity index (χ0v) is 10.2. The van der Waals surface area contributed by atoms with Gasteiger partial charge in [-0.3, -0.25) is 0 Å². The molecule has 1 aromatic rings. The zero-order valence-electron chi connectivity index (χ0n) is 10.2. The molecule has 1 N–H and O–H groups in total. The van der Waals surface area contributed by atoms with Gasteiger partial charge in [0.1, 0.15) is 5.82 Å². The summed E-state index contributed by atoms with van der Waals surface area (Å²) in [5.41, 5.74) is 2.61. The minimum Gasteiger partial charge on any atom is -0.312 e. The van der Waals surface area contributed by atoms with E-state index in [0.717, 1.165) is 37.2 Å². The molecule has 90 valence electrons. The Morgan fingerprint density at radius 1 is 1.24 bits per heavy atom. The van der Waals surface area contributed by atoms with E-state index in [2.05, 4.69) is 16.5 Å². The Morgan fingerprint density at radius 2 is 2.24 bits per heavy atom. The van der Waals surface area contributed by atoms with Crippen LogP contribution in [0.1, 0.15) is 48.7 Å². The highest BCUT2D eigenvalue weighted by Gasteiger charge is 2.41. The van der Waals surface area contributed by atoms with Crippen molar-refractivity contribution in [2.75, 3.05) is 6.54 Å². The Balaban J connectivity index is 1.66. The van der Waals surface area contributed by atoms with Crippen LogP contribution in [0.2, 0.25) is 0 Å². The number of nitrogens with one attached hydrogen (secondary N) is 1. The Bertz CT molecular complexity index is 443. The van der Waals surface area contributed by atoms with Crippen LogP contribution in [0.3, 0.4) is 0 Å². The summed E-state index contributed by atoms with van der Waals surface area (Å²) in [6.45, 7) is 2.02. The van der Waals surface area contributed by atoms with Crippen LogP contribution in [-0.4, -0.2) is 16.5 Å². The van der Waals surface area contributed by atoms with Crippen molar-refractivity contribution in [2.45, 2.75) is 44.6 Å². The molecule has 1 aromatic heterocycles. The second-order valence-corrected chi connectivity index (χ2v) is 5.91. The first-order chi connectivity index (χ1) is 8.40. The van der Waals surface area contributed by atoms with E-state index >= 15 is 0 Å². The van der Waals surface area contributed by atoms with Crippen molar-refractivity contribution >= 4 is 0 Å². The van der Waals surface area contributed by atoms with Crippen LogP contribution in [0.4, 0.5) is 0 Å². The molecule has 0 amide bonds. The maximum absolute atomic E-state index is 4.86. The van der Waals surface area contributed by atoms with E-state index in [9.17, 15) is 0 Å². The van der Waals surface area contributed by atoms with Crippen LogP contribution in [0.25, 0.3) is 0 Å². The summed E-state index contributed by atoms with van der Waals surface area (Å²) in [7, 11) is 0. The summed E-state index contributed by atoms with van der Waals surface area (Å²) in [6, 6.07) is 0. The van der Waals surface area contributed by atoms with E-state index in [1.54, 1.807) is 0 Å². The summed E-state index contributed by atoms with van der Waals surface area (Å²) < 4.78 is 0. The Morgan fingerprint density at radius 3 is 3.06 bits per heavy atom. The van der Waals surface area contributed by atoms with Gasteiger partial charge in [-0.2, -0.15) is 0 Å². The molecule has 0 saturated heterocycles. The van der Waals surface area contributed by atoms with Gasteiger partial charge in [0.25, 0.3) is 0 Å². The van der Waals surface area contributed by atoms with E-state index in [-0.39, 0.29) is 0 Å². The first-order valence-electron chi connectivity index (χ1n) is 6.95. The maximum atomic E-state index is 4.86. The highest BCUT2D eigenvalue weighted by atomic mass is 14.9. The van der Waals surface area contributed by atoms with Gasteiger partial charge in [-0.1, -0.05) is 6.42 Å². The minimum atomic E-state index is 0.675. The van der Waals surface area contributed by atoms with Crippen molar-refractivity contribution in [3.05, 3.63) is 23.3 Å². The third kappa shape index (κ3) is 1.60. The summed E-state index contributed by atoms with van der Waals surface area (Å²) >= 11 is 0. The molecule has 0 aromatic carbocycles. The lowest BCUT2D eigenvalue weighted by molar-refractivity contribution is 0.403. The summed E-state index contributed by atoms with van der Waals surface area (Å²) in [6.07, 6.45) is 8.79. The SMILES string of the molecule is c1nc(C2CC3CCC2C3)nc2c1CNCC2. The van der Waals surface area contributed by atoms with Crippen LogP contribution < -0.4 is 5.32 Å². The normalized spacial score (nSPS) is 34.9. The number of fused-ring (bicyclic) bond motifs is 3. The van der Waals surface area contributed by atoms with Gasteiger partial charge in [0.15, 0.2) is 0 Å². The molecule has 1 aliphatic heterocycles. The van der Waals surface area contributed by atoms with Crippen molar-refractivity contribution in [3.8, 4) is 0 Å². The second kappa shape index (κ2) is 3.77. The van der Waals surface area contributed by atoms with Crippen LogP contribution in [0, 0.1) is 11.8 Å². The molecule has 0 radical (unpaired) electrons. The number of rotatable bonds is 1. The molecule has 2 aliphatic carbocycles. The van der Waals surface area contributed by atoms with E-state index < -0.39 is 0 Å². The Kier molecular flexibility index (Phi) is 2.22. The van der Waals surface area contributed by atoms with E-state index in [1.807, 2.05) is 0 Å². The standard InChI is InChI=1S/C14H19N3/c1-2-10-5-9(1)6-12(10)14-16-8-11-7-15-4-3-13(11)17-14/h8-10,12,15H,1-7H2. The first kappa shape index (κ1) is 10.0. The molecule has 3 atom stereocenters. The average Bonchev–Trinajstić information content (AvgIpc) is 3.00. The minimum absolute atomic E-state index is 0.675. The molecular formula is C14H19N3. The van der Waals surface area contributed by atoms with Gasteiger partial charge in [0, 0.05) is 42.9 Å². The molecule has 2 saturated carbocycles. The Hall–Kier alpha value is -0.960. The summed E-state index contributed by atoms with van der Waals surface area (Å²) in [4.78, 5) is 9.50. The Labute approximate surface area is 102 Å². The molecule has 3 aliphatic rings. The highest BCUT2D eigenvalue weighted by molar-refractivity contribution is 5.22. The molecule has 4 rings (SSSR count). The lowest BCUT2D eigenvalue weighted by atomic mass is 9.88. The molecule has 17 heavy (non-hydrogen) atoms. The number of nitrogens with zero attached hydrogens (tertiary/aromatic N) is 2. The van der Waals surface area contributed by atoms with Gasteiger partial charge >= 0.3 is 0 Å². The number of aromatic nitrogens is 2. The van der Waals surface area contributed by atoms with Crippen LogP contribution in [0.15, 0.2) is 6.20 Å². The van der Waals surface area contributed by atoms with Crippen molar-refractivity contribution in [2.24, 2.45) is 11.8 Å². The van der Waals surface area contributed by atoms with Crippen LogP contribution in [-0.2, 0) is 13.0 Å². The third-order valence-corrected chi connectivity index (χ3v) is 4.90. The van der Waals surface area contributed by atoms with E-state index in [1.165, 1.54) is 36.9 Å². The monoisotopic (exact) mass is 229 g/mol. The lowest BCUT2D eigenvalue weighted by Gasteiger charge is -2.22. The van der Waals surface area contributed by atoms with Crippen molar-refractivity contribution in [3.63, 3.8) is 0 Å². The van der Waals surface area contributed by atoms with E-state index in [4.69, 9.17) is 4.98 Å². The lowest BCUT2D eigenvalue weighted by Crippen LogP contribution is -2.26. The van der Waals surface area contributed by atoms with Crippen molar-refractivity contribution < 1.29 is 0 Å². The molecule has 3 nitrogen and oxygen atoms in total. The highest BCUT2D eigenvalue weighted by Crippen LogP contribution is 2.52. The molecular weight excluding hydrogens is 210 g/mol. The third-order valence-electron chi connectivity index (χ3n) is 4.90. The second-order valence-electron chi connectivity index (χ2n) is 5.91. The molecule has 3 unspecified atom stereocenters. The van der Waals surface area contributed by atoms with Gasteiger partial charge in [-0.05, 0) is 31.1 Å². The fraction of sp³-hybridized carbons (Fsp3) is 0.714. The number of hydrogen-bond donors (Lipinski definition) is 1. The maximum Gasteiger partial charge on any atom is 0.131 e. The fourth-order valence-electron chi connectivity index (χ4n) is 3.99. The molecule has 2 bridgehead atoms. The first-order valence-corrected chi connectivity index (χ1v) is 6.95. The predicted octanol–water partition coefficient (Wildman–Crippen LogP) is 2.03. The molecule has 3 heteroatoms. The molecule has 0 spiro atoms. The average molecular weight is 229 g/mol. The molecule has 2 fully saturated rings. The van der Waals surface area contributed by atoms with Gasteiger partial charge < -0.3 is 5.32 Å². The topological polar surface area (TPSA) is 37.8 Å². The van der Waals surface area contributed by atoms with Crippen LogP contribution >= 0.6 is 0 Å².